The van der Waals surface area contributed by atoms with Gasteiger partial charge < -0.3 is 4.55 Å². The Hall–Kier alpha value is -0.380. The molecular formula is C8H6NNaO3S. The summed E-state index contributed by atoms with van der Waals surface area (Å²) in [4.78, 5) is -0.327. The van der Waals surface area contributed by atoms with Crippen molar-refractivity contribution in [3.63, 3.8) is 0 Å². The van der Waals surface area contributed by atoms with Crippen molar-refractivity contribution in [1.82, 2.24) is 0 Å². The molecule has 0 bridgehead atoms. The van der Waals surface area contributed by atoms with Gasteiger partial charge in [0.15, 0.2) is 0 Å². The van der Waals surface area contributed by atoms with Crippen molar-refractivity contribution in [3.05, 3.63) is 29.3 Å². The summed E-state index contributed by atoms with van der Waals surface area (Å²) in [5.41, 5.74) is 0.522. The van der Waals surface area contributed by atoms with E-state index in [1.165, 1.54) is 19.1 Å². The summed E-state index contributed by atoms with van der Waals surface area (Å²) in [6.45, 7) is 1.51. The Morgan fingerprint density at radius 2 is 2.00 bits per heavy atom. The fourth-order valence-electron chi connectivity index (χ4n) is 0.939. The van der Waals surface area contributed by atoms with Gasteiger partial charge in [0, 0.05) is 0 Å². The molecule has 0 spiro atoms. The van der Waals surface area contributed by atoms with Crippen molar-refractivity contribution in [2.75, 3.05) is 0 Å². The van der Waals surface area contributed by atoms with Crippen LogP contribution in [0.5, 0.6) is 0 Å². The first-order valence-corrected chi connectivity index (χ1v) is 4.82. The van der Waals surface area contributed by atoms with Gasteiger partial charge in [-0.3, -0.25) is 0 Å². The van der Waals surface area contributed by atoms with Gasteiger partial charge in [0.25, 0.3) is 0 Å². The molecule has 68 valence electrons. The number of hydrogen-bond acceptors (Lipinski definition) is 4. The zero-order chi connectivity index (χ0) is 10.1. The summed E-state index contributed by atoms with van der Waals surface area (Å²) in [6.07, 6.45) is 0. The van der Waals surface area contributed by atoms with Gasteiger partial charge >= 0.3 is 29.6 Å². The van der Waals surface area contributed by atoms with Crippen LogP contribution >= 0.6 is 0 Å². The van der Waals surface area contributed by atoms with Gasteiger partial charge in [-0.2, -0.15) is 5.26 Å². The monoisotopic (exact) mass is 219 g/mol. The number of nitrogens with zero attached hydrogens (tertiary/aromatic N) is 1. The topological polar surface area (TPSA) is 81.0 Å². The second-order valence-corrected chi connectivity index (χ2v) is 3.89. The summed E-state index contributed by atoms with van der Waals surface area (Å²) in [5.74, 6) is 0. The van der Waals surface area contributed by atoms with Crippen LogP contribution in [-0.2, 0) is 10.1 Å². The molecule has 4 nitrogen and oxygen atoms in total. The number of aryl methyl sites for hydroxylation is 1. The zero-order valence-electron chi connectivity index (χ0n) is 7.81. The molecule has 0 saturated heterocycles. The predicted octanol–water partition coefficient (Wildman–Crippen LogP) is -2.23. The molecule has 0 unspecified atom stereocenters. The van der Waals surface area contributed by atoms with Crippen molar-refractivity contribution in [3.8, 4) is 6.07 Å². The van der Waals surface area contributed by atoms with E-state index in [-0.39, 0.29) is 40.0 Å². The molecule has 0 N–H and O–H groups in total. The minimum absolute atomic E-state index is 0. The van der Waals surface area contributed by atoms with Crippen molar-refractivity contribution >= 4 is 10.1 Å². The molecule has 1 rings (SSSR count). The average Bonchev–Trinajstić information content (AvgIpc) is 2.03. The van der Waals surface area contributed by atoms with Crippen LogP contribution < -0.4 is 29.6 Å². The van der Waals surface area contributed by atoms with Crippen molar-refractivity contribution in [2.45, 2.75) is 11.8 Å². The van der Waals surface area contributed by atoms with E-state index in [1.807, 2.05) is 0 Å². The SMILES string of the molecule is Cc1ccc(C#N)cc1S(=O)(=O)[O-].[Na+]. The second kappa shape index (κ2) is 4.91. The fraction of sp³-hybridized carbons (Fsp3) is 0.125. The molecule has 0 aliphatic heterocycles. The first-order valence-electron chi connectivity index (χ1n) is 3.42. The molecule has 0 heterocycles. The maximum atomic E-state index is 10.7. The third kappa shape index (κ3) is 3.08. The van der Waals surface area contributed by atoms with Gasteiger partial charge in [0.2, 0.25) is 0 Å². The molecule has 0 fully saturated rings. The molecule has 1 aromatic carbocycles. The quantitative estimate of drug-likeness (QED) is 0.395. The van der Waals surface area contributed by atoms with Crippen molar-refractivity contribution in [1.29, 1.82) is 5.26 Å². The van der Waals surface area contributed by atoms with Crippen molar-refractivity contribution < 1.29 is 42.5 Å². The van der Waals surface area contributed by atoms with Gasteiger partial charge in [-0.25, -0.2) is 8.42 Å². The Bertz CT molecular complexity index is 476. The summed E-state index contributed by atoms with van der Waals surface area (Å²) in [5, 5.41) is 8.47. The van der Waals surface area contributed by atoms with E-state index >= 15 is 0 Å². The summed E-state index contributed by atoms with van der Waals surface area (Å²) in [7, 11) is -4.47. The summed E-state index contributed by atoms with van der Waals surface area (Å²) in [6, 6.07) is 5.74. The Kier molecular flexibility index (Phi) is 4.78. The van der Waals surface area contributed by atoms with E-state index in [4.69, 9.17) is 5.26 Å². The zero-order valence-corrected chi connectivity index (χ0v) is 10.6. The van der Waals surface area contributed by atoms with Gasteiger partial charge in [-0.05, 0) is 24.6 Å². The third-order valence-electron chi connectivity index (χ3n) is 1.59. The Morgan fingerprint density at radius 3 is 2.43 bits per heavy atom. The molecule has 0 radical (unpaired) electrons. The molecule has 0 aliphatic rings. The number of hydrogen-bond donors (Lipinski definition) is 0. The largest absolute Gasteiger partial charge is 1.00 e. The standard InChI is InChI=1S/C8H7NO3S.Na/c1-6-2-3-7(5-9)4-8(6)13(10,11)12;/h2-4H,1H3,(H,10,11,12);/q;+1/p-1. The minimum Gasteiger partial charge on any atom is -0.744 e. The molecule has 0 amide bonds. The molecule has 0 aliphatic carbocycles. The van der Waals surface area contributed by atoms with Crippen LogP contribution in [0.3, 0.4) is 0 Å². The van der Waals surface area contributed by atoms with Crippen LogP contribution in [-0.4, -0.2) is 13.0 Å². The van der Waals surface area contributed by atoms with Crippen LogP contribution in [0.2, 0.25) is 0 Å². The van der Waals surface area contributed by atoms with Crippen LogP contribution in [0.15, 0.2) is 23.1 Å². The Labute approximate surface area is 105 Å². The number of rotatable bonds is 1. The minimum atomic E-state index is -4.47. The van der Waals surface area contributed by atoms with Crippen LogP contribution in [0.25, 0.3) is 0 Å². The van der Waals surface area contributed by atoms with Crippen molar-refractivity contribution in [2.24, 2.45) is 0 Å². The summed E-state index contributed by atoms with van der Waals surface area (Å²) >= 11 is 0. The first-order chi connectivity index (χ1) is 5.95. The van der Waals surface area contributed by atoms with E-state index in [9.17, 15) is 13.0 Å². The molecule has 1 aromatic rings. The molecule has 0 atom stereocenters. The fourth-order valence-corrected chi connectivity index (χ4v) is 1.67. The van der Waals surface area contributed by atoms with E-state index in [0.717, 1.165) is 6.07 Å². The van der Waals surface area contributed by atoms with E-state index in [2.05, 4.69) is 0 Å². The van der Waals surface area contributed by atoms with Gasteiger partial charge in [-0.1, -0.05) is 6.07 Å². The number of benzene rings is 1. The Morgan fingerprint density at radius 1 is 1.43 bits per heavy atom. The third-order valence-corrected chi connectivity index (χ3v) is 2.57. The van der Waals surface area contributed by atoms with Gasteiger partial charge in [0.1, 0.15) is 10.1 Å². The molecule has 0 saturated carbocycles. The Balaban J connectivity index is 0.00000169. The van der Waals surface area contributed by atoms with Crippen LogP contribution in [0.4, 0.5) is 0 Å². The van der Waals surface area contributed by atoms with Crippen LogP contribution in [0, 0.1) is 18.3 Å². The normalized spacial score (nSPS) is 10.1. The maximum absolute atomic E-state index is 10.7. The molecule has 14 heavy (non-hydrogen) atoms. The van der Waals surface area contributed by atoms with E-state index in [1.54, 1.807) is 6.07 Å². The van der Waals surface area contributed by atoms with Gasteiger partial charge in [-0.15, -0.1) is 0 Å². The number of nitriles is 1. The predicted molar refractivity (Wildman–Crippen MR) is 43.9 cm³/mol. The average molecular weight is 219 g/mol. The smallest absolute Gasteiger partial charge is 0.744 e. The summed E-state index contributed by atoms with van der Waals surface area (Å²) < 4.78 is 32.0. The molecule has 6 heteroatoms. The van der Waals surface area contributed by atoms with E-state index in [0.29, 0.717) is 5.56 Å². The second-order valence-electron chi connectivity index (χ2n) is 2.55. The molecular weight excluding hydrogens is 213 g/mol. The van der Waals surface area contributed by atoms with E-state index < -0.39 is 10.1 Å². The van der Waals surface area contributed by atoms with Crippen LogP contribution in [0.1, 0.15) is 11.1 Å². The molecule has 0 aromatic heterocycles. The maximum Gasteiger partial charge on any atom is 1.00 e. The first kappa shape index (κ1) is 13.6. The van der Waals surface area contributed by atoms with Gasteiger partial charge in [0.05, 0.1) is 16.5 Å².